The lowest BCUT2D eigenvalue weighted by Crippen LogP contribution is -2.29. The number of phenolic OH excluding ortho intramolecular Hbond substituents is 1. The highest BCUT2D eigenvalue weighted by atomic mass is 32.1. The first-order valence-corrected chi connectivity index (χ1v) is 10.7. The number of benzene rings is 3. The third kappa shape index (κ3) is 4.54. The number of thiocarbonyl (C=S) groups is 1. The molecule has 2 N–H and O–H groups in total. The van der Waals surface area contributed by atoms with Crippen LogP contribution in [0.25, 0.3) is 0 Å². The molecule has 3 aromatic carbocycles. The molecule has 3 atom stereocenters. The molecule has 0 spiro atoms. The third-order valence-electron chi connectivity index (χ3n) is 5.65. The number of phenols is 1. The predicted octanol–water partition coefficient (Wildman–Crippen LogP) is 5.29. The van der Waals surface area contributed by atoms with Crippen LogP contribution in [0.15, 0.2) is 72.8 Å². The van der Waals surface area contributed by atoms with Crippen molar-refractivity contribution in [3.05, 3.63) is 89.7 Å². The van der Waals surface area contributed by atoms with E-state index >= 15 is 0 Å². The summed E-state index contributed by atoms with van der Waals surface area (Å²) in [5, 5.41) is 21.7. The van der Waals surface area contributed by atoms with Crippen molar-refractivity contribution in [2.75, 3.05) is 12.0 Å². The Labute approximate surface area is 191 Å². The fourth-order valence-corrected chi connectivity index (χ4v) is 4.36. The van der Waals surface area contributed by atoms with Crippen molar-refractivity contribution < 1.29 is 24.1 Å². The first kappa shape index (κ1) is 22.0. The first-order chi connectivity index (χ1) is 15.5. The van der Waals surface area contributed by atoms with Crippen molar-refractivity contribution in [2.24, 2.45) is 0 Å². The third-order valence-corrected chi connectivity index (χ3v) is 5.94. The van der Waals surface area contributed by atoms with Crippen LogP contribution in [0.2, 0.25) is 0 Å². The quantitative estimate of drug-likeness (QED) is 0.475. The highest BCUT2D eigenvalue weighted by Crippen LogP contribution is 2.43. The van der Waals surface area contributed by atoms with Gasteiger partial charge in [-0.2, -0.15) is 0 Å². The average molecular weight is 454 g/mol. The Balaban J connectivity index is 1.63. The standard InChI is InChI=1S/C25H24FNO4S/c1-30-19-11-12-20(22(29)15-19)24-23(14-13-21(28)16-7-9-17(26)10-8-16)31-25(32)27(24)18-5-3-2-4-6-18/h2-12,15,21,23-24,28-29H,13-14H2,1H3/t21-,23+,24+/m0/s1. The molecule has 3 aromatic rings. The highest BCUT2D eigenvalue weighted by Gasteiger charge is 2.42. The summed E-state index contributed by atoms with van der Waals surface area (Å²) in [4.78, 5) is 1.88. The van der Waals surface area contributed by atoms with Crippen molar-refractivity contribution in [2.45, 2.75) is 31.1 Å². The first-order valence-electron chi connectivity index (χ1n) is 10.3. The normalized spacial score (nSPS) is 19.0. The number of anilines is 1. The topological polar surface area (TPSA) is 62.2 Å². The Morgan fingerprint density at radius 1 is 1.09 bits per heavy atom. The smallest absolute Gasteiger partial charge is 0.264 e. The van der Waals surface area contributed by atoms with Gasteiger partial charge in [-0.15, -0.1) is 0 Å². The van der Waals surface area contributed by atoms with Gasteiger partial charge in [0.05, 0.1) is 13.2 Å². The molecule has 32 heavy (non-hydrogen) atoms. The SMILES string of the molecule is COc1ccc([C@@H]2[C@@H](CC[C@H](O)c3ccc(F)cc3)OC(=S)N2c2ccccc2)c(O)c1. The molecule has 0 bridgehead atoms. The Morgan fingerprint density at radius 3 is 2.47 bits per heavy atom. The van der Waals surface area contributed by atoms with Crippen LogP contribution >= 0.6 is 12.2 Å². The molecule has 1 heterocycles. The van der Waals surface area contributed by atoms with Gasteiger partial charge in [-0.25, -0.2) is 4.39 Å². The molecular formula is C25H24FNO4S. The van der Waals surface area contributed by atoms with Gasteiger partial charge in [-0.05, 0) is 67.0 Å². The van der Waals surface area contributed by atoms with Crippen molar-refractivity contribution in [3.63, 3.8) is 0 Å². The molecule has 5 nitrogen and oxygen atoms in total. The second kappa shape index (κ2) is 9.54. The van der Waals surface area contributed by atoms with Gasteiger partial charge in [0.15, 0.2) is 0 Å². The molecule has 4 rings (SSSR count). The Hall–Kier alpha value is -3.16. The largest absolute Gasteiger partial charge is 0.507 e. The van der Waals surface area contributed by atoms with Gasteiger partial charge < -0.3 is 19.7 Å². The number of para-hydroxylation sites is 1. The Morgan fingerprint density at radius 2 is 1.81 bits per heavy atom. The molecule has 0 aromatic heterocycles. The van der Waals surface area contributed by atoms with Crippen LogP contribution in [-0.2, 0) is 4.74 Å². The molecule has 1 aliphatic rings. The Kier molecular flexibility index (Phi) is 6.58. The lowest BCUT2D eigenvalue weighted by Gasteiger charge is -2.27. The van der Waals surface area contributed by atoms with Crippen molar-refractivity contribution in [3.8, 4) is 11.5 Å². The number of methoxy groups -OCH3 is 1. The molecule has 0 aliphatic carbocycles. The number of aromatic hydroxyl groups is 1. The molecular weight excluding hydrogens is 429 g/mol. The minimum atomic E-state index is -0.774. The van der Waals surface area contributed by atoms with E-state index in [0.29, 0.717) is 34.9 Å². The van der Waals surface area contributed by atoms with E-state index in [9.17, 15) is 14.6 Å². The molecule has 7 heteroatoms. The molecule has 1 aliphatic heterocycles. The number of aliphatic hydroxyl groups is 1. The van der Waals surface area contributed by atoms with Crippen LogP contribution in [0.4, 0.5) is 10.1 Å². The van der Waals surface area contributed by atoms with Crippen LogP contribution in [0, 0.1) is 5.82 Å². The second-order valence-electron chi connectivity index (χ2n) is 7.64. The second-order valence-corrected chi connectivity index (χ2v) is 7.99. The average Bonchev–Trinajstić information content (AvgIpc) is 3.14. The minimum Gasteiger partial charge on any atom is -0.507 e. The zero-order chi connectivity index (χ0) is 22.7. The lowest BCUT2D eigenvalue weighted by molar-refractivity contribution is 0.126. The van der Waals surface area contributed by atoms with Crippen LogP contribution in [-0.4, -0.2) is 28.6 Å². The summed E-state index contributed by atoms with van der Waals surface area (Å²) in [6, 6.07) is 20.2. The number of hydrogen-bond donors (Lipinski definition) is 2. The zero-order valence-electron chi connectivity index (χ0n) is 17.5. The molecule has 166 valence electrons. The van der Waals surface area contributed by atoms with E-state index in [1.807, 2.05) is 35.2 Å². The van der Waals surface area contributed by atoms with Gasteiger partial charge in [0, 0.05) is 17.3 Å². The summed E-state index contributed by atoms with van der Waals surface area (Å²) >= 11 is 5.55. The Bertz CT molecular complexity index is 1080. The van der Waals surface area contributed by atoms with Gasteiger partial charge in [-0.1, -0.05) is 30.3 Å². The van der Waals surface area contributed by atoms with E-state index in [0.717, 1.165) is 5.69 Å². The lowest BCUT2D eigenvalue weighted by atomic mass is 9.94. The monoisotopic (exact) mass is 453 g/mol. The maximum atomic E-state index is 13.2. The maximum Gasteiger partial charge on any atom is 0.264 e. The van der Waals surface area contributed by atoms with Gasteiger partial charge in [-0.3, -0.25) is 4.90 Å². The predicted molar refractivity (Wildman–Crippen MR) is 124 cm³/mol. The van der Waals surface area contributed by atoms with Gasteiger partial charge in [0.1, 0.15) is 29.5 Å². The number of rotatable bonds is 7. The number of hydrogen-bond acceptors (Lipinski definition) is 5. The van der Waals surface area contributed by atoms with E-state index < -0.39 is 18.2 Å². The summed E-state index contributed by atoms with van der Waals surface area (Å²) in [5.74, 6) is 0.272. The fraction of sp³-hybridized carbons (Fsp3) is 0.240. The molecule has 1 fully saturated rings. The van der Waals surface area contributed by atoms with E-state index in [2.05, 4.69) is 0 Å². The van der Waals surface area contributed by atoms with Crippen molar-refractivity contribution in [1.29, 1.82) is 0 Å². The zero-order valence-corrected chi connectivity index (χ0v) is 18.3. The van der Waals surface area contributed by atoms with Crippen molar-refractivity contribution >= 4 is 23.1 Å². The van der Waals surface area contributed by atoms with Crippen LogP contribution < -0.4 is 9.64 Å². The molecule has 0 saturated carbocycles. The van der Waals surface area contributed by atoms with Crippen molar-refractivity contribution in [1.82, 2.24) is 0 Å². The fourth-order valence-electron chi connectivity index (χ4n) is 4.02. The van der Waals surface area contributed by atoms with E-state index in [1.165, 1.54) is 19.2 Å². The van der Waals surface area contributed by atoms with Gasteiger partial charge in [0.2, 0.25) is 0 Å². The summed E-state index contributed by atoms with van der Waals surface area (Å²) in [7, 11) is 1.54. The van der Waals surface area contributed by atoms with E-state index in [4.69, 9.17) is 21.7 Å². The summed E-state index contributed by atoms with van der Waals surface area (Å²) in [5.41, 5.74) is 2.13. The maximum absolute atomic E-state index is 13.2. The molecule has 1 saturated heterocycles. The minimum absolute atomic E-state index is 0.0765. The summed E-state index contributed by atoms with van der Waals surface area (Å²) in [6.07, 6.45) is -0.326. The summed E-state index contributed by atoms with van der Waals surface area (Å²) < 4.78 is 24.5. The van der Waals surface area contributed by atoms with E-state index in [1.54, 1.807) is 30.3 Å². The number of ether oxygens (including phenoxy) is 2. The van der Waals surface area contributed by atoms with Crippen LogP contribution in [0.5, 0.6) is 11.5 Å². The summed E-state index contributed by atoms with van der Waals surface area (Å²) in [6.45, 7) is 0. The van der Waals surface area contributed by atoms with Crippen LogP contribution in [0.3, 0.4) is 0 Å². The number of aliphatic hydroxyl groups excluding tert-OH is 1. The number of nitrogens with zero attached hydrogens (tertiary/aromatic N) is 1. The van der Waals surface area contributed by atoms with Gasteiger partial charge >= 0.3 is 0 Å². The van der Waals surface area contributed by atoms with E-state index in [-0.39, 0.29) is 11.6 Å². The molecule has 0 unspecified atom stereocenters. The molecule has 0 amide bonds. The molecule has 0 radical (unpaired) electrons. The van der Waals surface area contributed by atoms with Gasteiger partial charge in [0.25, 0.3) is 5.17 Å². The number of halogens is 1. The van der Waals surface area contributed by atoms with Crippen LogP contribution in [0.1, 0.15) is 36.1 Å². The highest BCUT2D eigenvalue weighted by molar-refractivity contribution is 7.80.